The predicted molar refractivity (Wildman–Crippen MR) is 64.8 cm³/mol. The summed E-state index contributed by atoms with van der Waals surface area (Å²) in [7, 11) is 0. The second kappa shape index (κ2) is 6.71. The van der Waals surface area contributed by atoms with E-state index in [4.69, 9.17) is 4.74 Å². The van der Waals surface area contributed by atoms with Crippen molar-refractivity contribution < 1.29 is 9.13 Å². The Kier molecular flexibility index (Phi) is 5.56. The summed E-state index contributed by atoms with van der Waals surface area (Å²) in [5.41, 5.74) is 0. The molecule has 2 rings (SSSR count). The van der Waals surface area contributed by atoms with Gasteiger partial charge in [0.2, 0.25) is 0 Å². The molecule has 4 heteroatoms. The number of ether oxygens (including phenoxy) is 1. The van der Waals surface area contributed by atoms with Crippen molar-refractivity contribution >= 4 is 12.4 Å². The van der Waals surface area contributed by atoms with E-state index in [9.17, 15) is 4.39 Å². The summed E-state index contributed by atoms with van der Waals surface area (Å²) in [5.74, 6) is 0.367. The molecule has 0 aromatic heterocycles. The highest BCUT2D eigenvalue weighted by Crippen LogP contribution is 2.14. The highest BCUT2D eigenvalue weighted by molar-refractivity contribution is 5.85. The molecule has 1 N–H and O–H groups in total. The lowest BCUT2D eigenvalue weighted by atomic mass is 10.1. The van der Waals surface area contributed by atoms with Gasteiger partial charge in [-0.25, -0.2) is 4.39 Å². The van der Waals surface area contributed by atoms with Gasteiger partial charge in [-0.1, -0.05) is 12.5 Å². The van der Waals surface area contributed by atoms with E-state index in [1.807, 2.05) is 0 Å². The van der Waals surface area contributed by atoms with E-state index in [0.29, 0.717) is 18.4 Å². The third kappa shape index (κ3) is 3.99. The average molecular weight is 246 g/mol. The lowest BCUT2D eigenvalue weighted by Gasteiger charge is -2.23. The van der Waals surface area contributed by atoms with Crippen molar-refractivity contribution in [1.82, 2.24) is 5.32 Å². The van der Waals surface area contributed by atoms with Crippen LogP contribution in [0.4, 0.5) is 4.39 Å². The van der Waals surface area contributed by atoms with E-state index in [2.05, 4.69) is 5.32 Å². The fourth-order valence-corrected chi connectivity index (χ4v) is 1.82. The minimum Gasteiger partial charge on any atom is -0.492 e. The van der Waals surface area contributed by atoms with Crippen molar-refractivity contribution in [3.63, 3.8) is 0 Å². The van der Waals surface area contributed by atoms with Crippen LogP contribution in [0.15, 0.2) is 24.3 Å². The van der Waals surface area contributed by atoms with Gasteiger partial charge < -0.3 is 10.1 Å². The van der Waals surface area contributed by atoms with Crippen LogP contribution in [0.25, 0.3) is 0 Å². The first-order valence-corrected chi connectivity index (χ1v) is 5.46. The van der Waals surface area contributed by atoms with Gasteiger partial charge in [0.1, 0.15) is 18.2 Å². The van der Waals surface area contributed by atoms with Crippen molar-refractivity contribution in [3.8, 4) is 5.75 Å². The van der Waals surface area contributed by atoms with Crippen molar-refractivity contribution in [2.24, 2.45) is 0 Å². The maximum atomic E-state index is 12.8. The van der Waals surface area contributed by atoms with Crippen molar-refractivity contribution in [2.75, 3.05) is 13.2 Å². The molecule has 1 aromatic carbocycles. The molecule has 2 nitrogen and oxygen atoms in total. The van der Waals surface area contributed by atoms with Crippen molar-refractivity contribution in [2.45, 2.75) is 25.3 Å². The molecule has 1 fully saturated rings. The average Bonchev–Trinajstić information content (AvgIpc) is 2.28. The fourth-order valence-electron chi connectivity index (χ4n) is 1.82. The van der Waals surface area contributed by atoms with Crippen LogP contribution in [-0.4, -0.2) is 19.2 Å². The van der Waals surface area contributed by atoms with E-state index in [0.717, 1.165) is 13.0 Å². The number of rotatable bonds is 3. The number of nitrogens with one attached hydrogen (secondary N) is 1. The summed E-state index contributed by atoms with van der Waals surface area (Å²) in [4.78, 5) is 0. The van der Waals surface area contributed by atoms with E-state index in [1.165, 1.54) is 25.0 Å². The van der Waals surface area contributed by atoms with Crippen molar-refractivity contribution in [1.29, 1.82) is 0 Å². The first-order valence-electron chi connectivity index (χ1n) is 5.46. The third-order valence-electron chi connectivity index (χ3n) is 2.66. The van der Waals surface area contributed by atoms with Gasteiger partial charge >= 0.3 is 0 Å². The van der Waals surface area contributed by atoms with E-state index in [-0.39, 0.29) is 18.2 Å². The third-order valence-corrected chi connectivity index (χ3v) is 2.66. The SMILES string of the molecule is Cl.Fc1cccc(OCC2CCCCN2)c1. The molecule has 1 heterocycles. The van der Waals surface area contributed by atoms with E-state index >= 15 is 0 Å². The van der Waals surface area contributed by atoms with Gasteiger partial charge in [-0.2, -0.15) is 0 Å². The summed E-state index contributed by atoms with van der Waals surface area (Å²) in [6.07, 6.45) is 3.65. The van der Waals surface area contributed by atoms with Crippen LogP contribution in [0, 0.1) is 5.82 Å². The Balaban J connectivity index is 0.00000128. The first kappa shape index (κ1) is 13.3. The van der Waals surface area contributed by atoms with E-state index in [1.54, 1.807) is 12.1 Å². The number of hydrogen-bond acceptors (Lipinski definition) is 2. The lowest BCUT2D eigenvalue weighted by Crippen LogP contribution is -2.38. The van der Waals surface area contributed by atoms with Crippen molar-refractivity contribution in [3.05, 3.63) is 30.1 Å². The zero-order valence-corrected chi connectivity index (χ0v) is 9.93. The molecule has 1 aliphatic rings. The van der Waals surface area contributed by atoms with E-state index < -0.39 is 0 Å². The smallest absolute Gasteiger partial charge is 0.126 e. The quantitative estimate of drug-likeness (QED) is 0.884. The second-order valence-electron chi connectivity index (χ2n) is 3.92. The summed E-state index contributed by atoms with van der Waals surface area (Å²) in [5, 5.41) is 3.39. The largest absolute Gasteiger partial charge is 0.492 e. The molecule has 1 aliphatic heterocycles. The standard InChI is InChI=1S/C12H16FNO.ClH/c13-10-4-3-6-12(8-10)15-9-11-5-1-2-7-14-11;/h3-4,6,8,11,14H,1-2,5,7,9H2;1H. The minimum absolute atomic E-state index is 0. The van der Waals surface area contributed by atoms with Gasteiger partial charge in [0.15, 0.2) is 0 Å². The number of piperidine rings is 1. The maximum absolute atomic E-state index is 12.8. The molecule has 0 spiro atoms. The Hall–Kier alpha value is -0.800. The summed E-state index contributed by atoms with van der Waals surface area (Å²) in [6, 6.07) is 6.71. The number of benzene rings is 1. The molecular weight excluding hydrogens is 229 g/mol. The molecule has 0 amide bonds. The Morgan fingerprint density at radius 1 is 1.38 bits per heavy atom. The Labute approximate surface area is 102 Å². The molecule has 16 heavy (non-hydrogen) atoms. The normalized spacial score (nSPS) is 19.9. The zero-order chi connectivity index (χ0) is 10.5. The van der Waals surface area contributed by atoms with Gasteiger partial charge in [0.05, 0.1) is 0 Å². The summed E-state index contributed by atoms with van der Waals surface area (Å²) < 4.78 is 18.4. The molecule has 0 radical (unpaired) electrons. The van der Waals surface area contributed by atoms with Gasteiger partial charge in [-0.3, -0.25) is 0 Å². The summed E-state index contributed by atoms with van der Waals surface area (Å²) >= 11 is 0. The molecule has 0 bridgehead atoms. The van der Waals surface area contributed by atoms with Crippen LogP contribution in [0.3, 0.4) is 0 Å². The van der Waals surface area contributed by atoms with Crippen LogP contribution in [0.5, 0.6) is 5.75 Å². The molecule has 1 atom stereocenters. The Bertz CT molecular complexity index is 316. The monoisotopic (exact) mass is 245 g/mol. The van der Waals surface area contributed by atoms with Crippen LogP contribution in [0.1, 0.15) is 19.3 Å². The molecule has 1 saturated heterocycles. The minimum atomic E-state index is -0.246. The second-order valence-corrected chi connectivity index (χ2v) is 3.92. The molecule has 0 saturated carbocycles. The van der Waals surface area contributed by atoms with Gasteiger partial charge in [-0.05, 0) is 31.5 Å². The number of hydrogen-bond donors (Lipinski definition) is 1. The summed E-state index contributed by atoms with van der Waals surface area (Å²) in [6.45, 7) is 1.70. The van der Waals surface area contributed by atoms with Gasteiger partial charge in [0, 0.05) is 12.1 Å². The number of halogens is 2. The predicted octanol–water partition coefficient (Wildman–Crippen LogP) is 2.77. The topological polar surface area (TPSA) is 21.3 Å². The molecular formula is C12H17ClFNO. The zero-order valence-electron chi connectivity index (χ0n) is 9.12. The lowest BCUT2D eigenvalue weighted by molar-refractivity contribution is 0.238. The Morgan fingerprint density at radius 3 is 2.94 bits per heavy atom. The molecule has 1 aromatic rings. The highest BCUT2D eigenvalue weighted by atomic mass is 35.5. The van der Waals surface area contributed by atoms with Crippen LogP contribution >= 0.6 is 12.4 Å². The molecule has 90 valence electrons. The maximum Gasteiger partial charge on any atom is 0.126 e. The molecule has 0 aliphatic carbocycles. The molecule has 1 unspecified atom stereocenters. The highest BCUT2D eigenvalue weighted by Gasteiger charge is 2.12. The van der Waals surface area contributed by atoms with Crippen LogP contribution < -0.4 is 10.1 Å². The first-order chi connectivity index (χ1) is 7.34. The van der Waals surface area contributed by atoms with Gasteiger partial charge in [-0.15, -0.1) is 12.4 Å². The van der Waals surface area contributed by atoms with Crippen LogP contribution in [0.2, 0.25) is 0 Å². The fraction of sp³-hybridized carbons (Fsp3) is 0.500. The Morgan fingerprint density at radius 2 is 2.25 bits per heavy atom. The van der Waals surface area contributed by atoms with Gasteiger partial charge in [0.25, 0.3) is 0 Å². The van der Waals surface area contributed by atoms with Crippen LogP contribution in [-0.2, 0) is 0 Å².